The molecule has 0 aliphatic carbocycles. The van der Waals surface area contributed by atoms with Crippen molar-refractivity contribution in [2.45, 2.75) is 6.92 Å². The Morgan fingerprint density at radius 1 is 1.14 bits per heavy atom. The highest BCUT2D eigenvalue weighted by atomic mass is 35.5. The Kier molecular flexibility index (Phi) is 4.93. The summed E-state index contributed by atoms with van der Waals surface area (Å²) in [5, 5.41) is 1.01. The van der Waals surface area contributed by atoms with Crippen molar-refractivity contribution in [3.05, 3.63) is 45.1 Å². The molecule has 0 spiro atoms. The molecule has 4 nitrogen and oxygen atoms in total. The minimum atomic E-state index is -0.543. The number of furan rings is 1. The van der Waals surface area contributed by atoms with Crippen molar-refractivity contribution in [1.29, 1.82) is 0 Å². The molecule has 0 amide bonds. The molecule has 0 saturated heterocycles. The van der Waals surface area contributed by atoms with Crippen LogP contribution in [0.4, 0.5) is 0 Å². The summed E-state index contributed by atoms with van der Waals surface area (Å²) < 4.78 is 10.0. The molecule has 0 N–H and O–H groups in total. The summed E-state index contributed by atoms with van der Waals surface area (Å²) in [5.74, 6) is -0.627. The van der Waals surface area contributed by atoms with Gasteiger partial charge in [-0.2, -0.15) is 0 Å². The first-order valence-corrected chi connectivity index (χ1v) is 6.93. The van der Waals surface area contributed by atoms with Crippen LogP contribution in [0.3, 0.4) is 0 Å². The predicted octanol–water partition coefficient (Wildman–Crippen LogP) is 4.65. The van der Waals surface area contributed by atoms with E-state index in [1.807, 2.05) is 0 Å². The van der Waals surface area contributed by atoms with Gasteiger partial charge in [0.25, 0.3) is 0 Å². The van der Waals surface area contributed by atoms with Gasteiger partial charge in [-0.1, -0.05) is 34.8 Å². The molecule has 0 aliphatic heterocycles. The summed E-state index contributed by atoms with van der Waals surface area (Å²) in [7, 11) is 0. The highest BCUT2D eigenvalue weighted by Gasteiger charge is 2.17. The van der Waals surface area contributed by atoms with Crippen molar-refractivity contribution in [3.8, 4) is 11.3 Å². The first-order chi connectivity index (χ1) is 9.88. The van der Waals surface area contributed by atoms with E-state index >= 15 is 0 Å². The van der Waals surface area contributed by atoms with E-state index in [1.165, 1.54) is 25.1 Å². The van der Waals surface area contributed by atoms with Gasteiger partial charge in [-0.3, -0.25) is 9.59 Å². The van der Waals surface area contributed by atoms with E-state index in [1.54, 1.807) is 6.07 Å². The second-order valence-corrected chi connectivity index (χ2v) is 5.36. The van der Waals surface area contributed by atoms with Crippen LogP contribution in [0.1, 0.15) is 17.5 Å². The number of rotatable bonds is 4. The number of benzene rings is 1. The van der Waals surface area contributed by atoms with E-state index in [0.717, 1.165) is 0 Å². The van der Waals surface area contributed by atoms with Gasteiger partial charge in [-0.15, -0.1) is 0 Å². The van der Waals surface area contributed by atoms with Gasteiger partial charge in [-0.05, 0) is 24.3 Å². The van der Waals surface area contributed by atoms with Crippen molar-refractivity contribution in [3.63, 3.8) is 0 Å². The van der Waals surface area contributed by atoms with Gasteiger partial charge in [-0.25, -0.2) is 0 Å². The van der Waals surface area contributed by atoms with Crippen LogP contribution in [0, 0.1) is 0 Å². The van der Waals surface area contributed by atoms with Crippen LogP contribution >= 0.6 is 34.8 Å². The van der Waals surface area contributed by atoms with Crippen LogP contribution in [0.2, 0.25) is 15.1 Å². The molecule has 2 rings (SSSR count). The smallest absolute Gasteiger partial charge is 0.303 e. The minimum absolute atomic E-state index is 0.0494. The fourth-order valence-corrected chi connectivity index (χ4v) is 2.64. The molecule has 21 heavy (non-hydrogen) atoms. The first kappa shape index (κ1) is 15.9. The zero-order valence-electron chi connectivity index (χ0n) is 10.8. The number of Topliss-reactive ketones (excluding diaryl/α,β-unsaturated/α-hetero) is 1. The van der Waals surface area contributed by atoms with E-state index in [2.05, 4.69) is 4.74 Å². The Bertz CT molecular complexity index is 683. The summed E-state index contributed by atoms with van der Waals surface area (Å²) in [6.45, 7) is 0.832. The average Bonchev–Trinajstić information content (AvgIpc) is 2.84. The molecule has 1 aromatic heterocycles. The van der Waals surface area contributed by atoms with Crippen LogP contribution in [0.25, 0.3) is 11.3 Å². The van der Waals surface area contributed by atoms with Crippen LogP contribution < -0.4 is 0 Å². The molecule has 0 unspecified atom stereocenters. The maximum atomic E-state index is 11.8. The monoisotopic (exact) mass is 346 g/mol. The number of ether oxygens (including phenoxy) is 1. The fourth-order valence-electron chi connectivity index (χ4n) is 1.64. The molecule has 7 heteroatoms. The second kappa shape index (κ2) is 6.52. The molecule has 2 aromatic rings. The van der Waals surface area contributed by atoms with Crippen molar-refractivity contribution in [2.75, 3.05) is 6.61 Å². The summed E-state index contributed by atoms with van der Waals surface area (Å²) in [6, 6.07) is 6.06. The molecule has 0 aliphatic rings. The van der Waals surface area contributed by atoms with Crippen LogP contribution in [0.5, 0.6) is 0 Å². The molecule has 0 atom stereocenters. The normalized spacial score (nSPS) is 10.5. The van der Waals surface area contributed by atoms with Crippen LogP contribution in [-0.4, -0.2) is 18.4 Å². The molecule has 0 bridgehead atoms. The van der Waals surface area contributed by atoms with E-state index < -0.39 is 11.8 Å². The van der Waals surface area contributed by atoms with E-state index in [-0.39, 0.29) is 12.4 Å². The average molecular weight is 348 g/mol. The van der Waals surface area contributed by atoms with Gasteiger partial charge in [0.2, 0.25) is 5.78 Å². The molecular weight excluding hydrogens is 339 g/mol. The maximum Gasteiger partial charge on any atom is 0.303 e. The third kappa shape index (κ3) is 3.79. The fraction of sp³-hybridized carbons (Fsp3) is 0.143. The Balaban J connectivity index is 2.28. The molecule has 0 fully saturated rings. The quantitative estimate of drug-likeness (QED) is 0.596. The lowest BCUT2D eigenvalue weighted by Gasteiger charge is -2.05. The number of ketones is 1. The zero-order chi connectivity index (χ0) is 15.6. The summed E-state index contributed by atoms with van der Waals surface area (Å²) in [5.41, 5.74) is 0.439. The van der Waals surface area contributed by atoms with Crippen molar-refractivity contribution < 1.29 is 18.7 Å². The minimum Gasteiger partial charge on any atom is -0.457 e. The third-order valence-electron chi connectivity index (χ3n) is 2.54. The lowest BCUT2D eigenvalue weighted by molar-refractivity contribution is -0.139. The molecule has 1 aromatic carbocycles. The zero-order valence-corrected chi connectivity index (χ0v) is 13.1. The highest BCUT2D eigenvalue weighted by molar-refractivity contribution is 6.41. The van der Waals surface area contributed by atoms with E-state index in [4.69, 9.17) is 39.2 Å². The van der Waals surface area contributed by atoms with Crippen molar-refractivity contribution in [2.24, 2.45) is 0 Å². The Labute approximate surface area is 135 Å². The van der Waals surface area contributed by atoms with E-state index in [9.17, 15) is 9.59 Å². The summed E-state index contributed by atoms with van der Waals surface area (Å²) in [4.78, 5) is 22.4. The van der Waals surface area contributed by atoms with E-state index in [0.29, 0.717) is 26.4 Å². The molecule has 110 valence electrons. The number of hydrogen-bond donors (Lipinski definition) is 0. The van der Waals surface area contributed by atoms with Gasteiger partial charge in [0, 0.05) is 11.9 Å². The highest BCUT2D eigenvalue weighted by Crippen LogP contribution is 2.37. The van der Waals surface area contributed by atoms with Gasteiger partial charge < -0.3 is 9.15 Å². The van der Waals surface area contributed by atoms with Gasteiger partial charge in [0.1, 0.15) is 5.76 Å². The van der Waals surface area contributed by atoms with Gasteiger partial charge in [0.15, 0.2) is 12.4 Å². The first-order valence-electron chi connectivity index (χ1n) is 5.80. The van der Waals surface area contributed by atoms with Crippen LogP contribution in [0.15, 0.2) is 28.7 Å². The SMILES string of the molecule is CC(=O)OCC(=O)c1ccc(-c2c(Cl)cc(Cl)cc2Cl)o1. The molecular formula is C14H9Cl3O4. The predicted molar refractivity (Wildman–Crippen MR) is 80.1 cm³/mol. The lowest BCUT2D eigenvalue weighted by Crippen LogP contribution is -2.10. The van der Waals surface area contributed by atoms with Gasteiger partial charge >= 0.3 is 5.97 Å². The Hall–Kier alpha value is -1.49. The summed E-state index contributed by atoms with van der Waals surface area (Å²) >= 11 is 18.0. The number of carbonyl (C=O) groups excluding carboxylic acids is 2. The number of halogens is 3. The third-order valence-corrected chi connectivity index (χ3v) is 3.36. The largest absolute Gasteiger partial charge is 0.457 e. The number of hydrogen-bond acceptors (Lipinski definition) is 4. The van der Waals surface area contributed by atoms with Crippen molar-refractivity contribution in [1.82, 2.24) is 0 Å². The van der Waals surface area contributed by atoms with Crippen molar-refractivity contribution >= 4 is 46.6 Å². The van der Waals surface area contributed by atoms with Gasteiger partial charge in [0.05, 0.1) is 15.6 Å². The summed E-state index contributed by atoms with van der Waals surface area (Å²) in [6.07, 6.45) is 0. The standard InChI is InChI=1S/C14H9Cl3O4/c1-7(18)20-6-11(19)12-2-3-13(21-12)14-9(16)4-8(15)5-10(14)17/h2-5H,6H2,1H3. The second-order valence-electron chi connectivity index (χ2n) is 4.11. The Morgan fingerprint density at radius 3 is 2.33 bits per heavy atom. The molecule has 0 saturated carbocycles. The lowest BCUT2D eigenvalue weighted by atomic mass is 10.2. The number of carbonyl (C=O) groups is 2. The molecule has 0 radical (unpaired) electrons. The van der Waals surface area contributed by atoms with Crippen LogP contribution in [-0.2, 0) is 9.53 Å². The number of esters is 1. The maximum absolute atomic E-state index is 11.8. The Morgan fingerprint density at radius 2 is 1.76 bits per heavy atom. The topological polar surface area (TPSA) is 56.5 Å². The molecule has 1 heterocycles.